The van der Waals surface area contributed by atoms with Gasteiger partial charge in [0.25, 0.3) is 0 Å². The van der Waals surface area contributed by atoms with E-state index in [-0.39, 0.29) is 24.3 Å². The molecule has 0 spiro atoms. The Bertz CT molecular complexity index is 1210. The highest BCUT2D eigenvalue weighted by atomic mass is 35.5. The molecule has 0 aliphatic heterocycles. The Balaban J connectivity index is 1.78. The lowest BCUT2D eigenvalue weighted by atomic mass is 10.1. The maximum atomic E-state index is 12.4. The van der Waals surface area contributed by atoms with Crippen LogP contribution in [0.15, 0.2) is 36.4 Å². The number of amides is 1. The molecule has 3 aromatic rings. The number of halogens is 1. The Morgan fingerprint density at radius 2 is 1.84 bits per heavy atom. The van der Waals surface area contributed by atoms with E-state index in [0.717, 1.165) is 27.6 Å². The molecular weight excluding hydrogens is 456 g/mol. The number of ether oxygens (including phenoxy) is 1. The van der Waals surface area contributed by atoms with Gasteiger partial charge in [0, 0.05) is 12.8 Å². The molecule has 9 heteroatoms. The molecule has 2 aromatic carbocycles. The zero-order valence-electron chi connectivity index (χ0n) is 17.8. The van der Waals surface area contributed by atoms with Gasteiger partial charge in [-0.1, -0.05) is 23.7 Å². The second-order valence-corrected chi connectivity index (χ2v) is 11.4. The van der Waals surface area contributed by atoms with Crippen LogP contribution < -0.4 is 10.1 Å². The van der Waals surface area contributed by atoms with Crippen LogP contribution in [-0.4, -0.2) is 44.0 Å². The summed E-state index contributed by atoms with van der Waals surface area (Å²) < 4.78 is 29.1. The van der Waals surface area contributed by atoms with E-state index in [1.165, 1.54) is 11.3 Å². The van der Waals surface area contributed by atoms with Crippen molar-refractivity contribution >= 4 is 48.9 Å². The summed E-state index contributed by atoms with van der Waals surface area (Å²) in [7, 11) is -3.12. The average Bonchev–Trinajstić information content (AvgIpc) is 3.10. The summed E-state index contributed by atoms with van der Waals surface area (Å²) in [5.41, 5.74) is 2.76. The third-order valence-corrected chi connectivity index (χ3v) is 7.01. The number of rotatable bonds is 8. The SMILES string of the molecule is CC(C)Oc1ccc(-c2ccc3nc(C(C)C(=O)NCCS(C)(=O)=O)sc3c2)cc1Cl. The summed E-state index contributed by atoms with van der Waals surface area (Å²) in [6.07, 6.45) is 1.19. The second-order valence-electron chi connectivity index (χ2n) is 7.69. The number of hydrogen-bond acceptors (Lipinski definition) is 6. The Labute approximate surface area is 191 Å². The molecule has 1 heterocycles. The van der Waals surface area contributed by atoms with Crippen molar-refractivity contribution in [3.63, 3.8) is 0 Å². The van der Waals surface area contributed by atoms with Gasteiger partial charge >= 0.3 is 0 Å². The van der Waals surface area contributed by atoms with Gasteiger partial charge in [-0.3, -0.25) is 4.79 Å². The van der Waals surface area contributed by atoms with E-state index in [4.69, 9.17) is 16.3 Å². The Morgan fingerprint density at radius 1 is 1.16 bits per heavy atom. The van der Waals surface area contributed by atoms with Crippen LogP contribution in [0.5, 0.6) is 5.75 Å². The van der Waals surface area contributed by atoms with E-state index in [1.807, 2.05) is 50.2 Å². The fourth-order valence-corrected chi connectivity index (χ4v) is 4.72. The number of carbonyl (C=O) groups is 1. The number of fused-ring (bicyclic) bond motifs is 1. The highest BCUT2D eigenvalue weighted by molar-refractivity contribution is 7.90. The molecule has 0 radical (unpaired) electrons. The van der Waals surface area contributed by atoms with Crippen molar-refractivity contribution < 1.29 is 17.9 Å². The highest BCUT2D eigenvalue weighted by Gasteiger charge is 2.20. The molecule has 0 bridgehead atoms. The van der Waals surface area contributed by atoms with E-state index in [1.54, 1.807) is 6.92 Å². The van der Waals surface area contributed by atoms with E-state index >= 15 is 0 Å². The summed E-state index contributed by atoms with van der Waals surface area (Å²) in [6, 6.07) is 11.6. The van der Waals surface area contributed by atoms with Crippen molar-refractivity contribution in [2.45, 2.75) is 32.8 Å². The second kappa shape index (κ2) is 9.54. The van der Waals surface area contributed by atoms with Crippen LogP contribution in [0.2, 0.25) is 5.02 Å². The monoisotopic (exact) mass is 480 g/mol. The molecule has 0 saturated carbocycles. The van der Waals surface area contributed by atoms with Gasteiger partial charge in [-0.2, -0.15) is 0 Å². The van der Waals surface area contributed by atoms with Crippen LogP contribution >= 0.6 is 22.9 Å². The van der Waals surface area contributed by atoms with Gasteiger partial charge in [-0.15, -0.1) is 11.3 Å². The van der Waals surface area contributed by atoms with Gasteiger partial charge in [-0.25, -0.2) is 13.4 Å². The van der Waals surface area contributed by atoms with Gasteiger partial charge in [0.05, 0.1) is 33.0 Å². The first kappa shape index (κ1) is 23.5. The fraction of sp³-hybridized carbons (Fsp3) is 0.364. The number of thiazole rings is 1. The van der Waals surface area contributed by atoms with Gasteiger partial charge in [-0.05, 0) is 56.2 Å². The number of aromatic nitrogens is 1. The first-order valence-electron chi connectivity index (χ1n) is 9.86. The lowest BCUT2D eigenvalue weighted by Gasteiger charge is -2.12. The predicted molar refractivity (Wildman–Crippen MR) is 127 cm³/mol. The number of hydrogen-bond donors (Lipinski definition) is 1. The van der Waals surface area contributed by atoms with Crippen molar-refractivity contribution in [3.8, 4) is 16.9 Å². The molecule has 0 aliphatic rings. The molecule has 0 fully saturated rings. The Morgan fingerprint density at radius 3 is 2.48 bits per heavy atom. The summed E-state index contributed by atoms with van der Waals surface area (Å²) in [6.45, 7) is 5.76. The van der Waals surface area contributed by atoms with Gasteiger partial charge in [0.2, 0.25) is 5.91 Å². The highest BCUT2D eigenvalue weighted by Crippen LogP contribution is 2.34. The van der Waals surface area contributed by atoms with Crippen LogP contribution in [-0.2, 0) is 14.6 Å². The summed E-state index contributed by atoms with van der Waals surface area (Å²) in [5, 5.41) is 3.90. The number of nitrogens with zero attached hydrogens (tertiary/aromatic N) is 1. The zero-order chi connectivity index (χ0) is 22.8. The van der Waals surface area contributed by atoms with E-state index < -0.39 is 15.8 Å². The average molecular weight is 481 g/mol. The summed E-state index contributed by atoms with van der Waals surface area (Å²) in [5.74, 6) is -0.145. The van der Waals surface area contributed by atoms with Crippen LogP contribution in [0.1, 0.15) is 31.7 Å². The maximum Gasteiger partial charge on any atom is 0.229 e. The van der Waals surface area contributed by atoms with Crippen LogP contribution in [0, 0.1) is 0 Å². The molecule has 0 saturated heterocycles. The Hall–Kier alpha value is -2.16. The number of benzene rings is 2. The molecule has 6 nitrogen and oxygen atoms in total. The molecule has 1 unspecified atom stereocenters. The minimum absolute atomic E-state index is 0.0425. The molecular formula is C22H25ClN2O4S2. The lowest BCUT2D eigenvalue weighted by molar-refractivity contribution is -0.122. The minimum atomic E-state index is -3.12. The van der Waals surface area contributed by atoms with Crippen LogP contribution in [0.3, 0.4) is 0 Å². The van der Waals surface area contributed by atoms with Crippen molar-refractivity contribution in [1.29, 1.82) is 0 Å². The normalized spacial score (nSPS) is 12.8. The third-order valence-electron chi connectivity index (χ3n) is 4.57. The molecule has 3 rings (SSSR count). The molecule has 31 heavy (non-hydrogen) atoms. The van der Waals surface area contributed by atoms with E-state index in [2.05, 4.69) is 10.3 Å². The summed E-state index contributed by atoms with van der Waals surface area (Å²) >= 11 is 7.82. The third kappa shape index (κ3) is 6.18. The largest absolute Gasteiger partial charge is 0.489 e. The molecule has 1 N–H and O–H groups in total. The topological polar surface area (TPSA) is 85.4 Å². The maximum absolute atomic E-state index is 12.4. The van der Waals surface area contributed by atoms with Crippen molar-refractivity contribution in [2.75, 3.05) is 18.6 Å². The molecule has 1 amide bonds. The zero-order valence-corrected chi connectivity index (χ0v) is 20.2. The van der Waals surface area contributed by atoms with E-state index in [0.29, 0.717) is 15.8 Å². The number of sulfone groups is 1. The first-order valence-corrected chi connectivity index (χ1v) is 13.1. The van der Waals surface area contributed by atoms with Crippen LogP contribution in [0.4, 0.5) is 0 Å². The van der Waals surface area contributed by atoms with E-state index in [9.17, 15) is 13.2 Å². The predicted octanol–water partition coefficient (Wildman–Crippen LogP) is 4.67. The molecule has 166 valence electrons. The quantitative estimate of drug-likeness (QED) is 0.506. The van der Waals surface area contributed by atoms with Crippen LogP contribution in [0.25, 0.3) is 21.3 Å². The Kier molecular flexibility index (Phi) is 7.24. The molecule has 0 aliphatic carbocycles. The number of nitrogens with one attached hydrogen (secondary N) is 1. The standard InChI is InChI=1S/C22H25ClN2O4S2/c1-13(2)29-19-8-6-15(11-17(19)23)16-5-7-18-20(12-16)30-22(25-18)14(3)21(26)24-9-10-31(4,27)28/h5-8,11-14H,9-10H2,1-4H3,(H,24,26). The summed E-state index contributed by atoms with van der Waals surface area (Å²) in [4.78, 5) is 17.0. The van der Waals surface area contributed by atoms with Crippen molar-refractivity contribution in [1.82, 2.24) is 10.3 Å². The van der Waals surface area contributed by atoms with Gasteiger partial charge in [0.1, 0.15) is 20.6 Å². The van der Waals surface area contributed by atoms with Crippen molar-refractivity contribution in [3.05, 3.63) is 46.4 Å². The fourth-order valence-electron chi connectivity index (χ4n) is 2.96. The molecule has 1 aromatic heterocycles. The van der Waals surface area contributed by atoms with Gasteiger partial charge < -0.3 is 10.1 Å². The van der Waals surface area contributed by atoms with Gasteiger partial charge in [0.15, 0.2) is 0 Å². The smallest absolute Gasteiger partial charge is 0.229 e. The first-order chi connectivity index (χ1) is 14.5. The molecule has 1 atom stereocenters. The number of carbonyl (C=O) groups excluding carboxylic acids is 1. The lowest BCUT2D eigenvalue weighted by Crippen LogP contribution is -2.32. The minimum Gasteiger partial charge on any atom is -0.489 e. The van der Waals surface area contributed by atoms with Crippen molar-refractivity contribution in [2.24, 2.45) is 0 Å².